The molecule has 0 aliphatic rings. The molecular formula is C25H21BrN4O3. The number of aromatic nitrogens is 2. The Morgan fingerprint density at radius 1 is 1.00 bits per heavy atom. The highest BCUT2D eigenvalue weighted by Gasteiger charge is 2.20. The van der Waals surface area contributed by atoms with Crippen LogP contribution < -0.4 is 15.7 Å². The Labute approximate surface area is 198 Å². The quantitative estimate of drug-likeness (QED) is 0.293. The van der Waals surface area contributed by atoms with Crippen LogP contribution in [0.5, 0.6) is 5.75 Å². The molecule has 4 rings (SSSR count). The number of hydrogen-bond donors (Lipinski definition) is 2. The van der Waals surface area contributed by atoms with Crippen LogP contribution >= 0.6 is 15.9 Å². The average molecular weight is 505 g/mol. The number of carbonyl (C=O) groups excluding carboxylic acids is 1. The summed E-state index contributed by atoms with van der Waals surface area (Å²) in [4.78, 5) is 26.0. The maximum Gasteiger partial charge on any atom is 0.281 e. The number of halogens is 1. The standard InChI is InChI=1S/C25H21BrN4O3/c1-16(27-28-24(31)20-10-6-7-11-21(20)26)22-23(17-8-4-3-5-9-17)29-30(25(22)32)18-12-14-19(33-2)15-13-18/h3-15,29H,1-2H3,(H,28,31). The lowest BCUT2D eigenvalue weighted by Gasteiger charge is -2.05. The van der Waals surface area contributed by atoms with Gasteiger partial charge in [-0.2, -0.15) is 5.10 Å². The van der Waals surface area contributed by atoms with Crippen molar-refractivity contribution in [1.29, 1.82) is 0 Å². The number of aromatic amines is 1. The number of carbonyl (C=O) groups is 1. The van der Waals surface area contributed by atoms with E-state index in [1.807, 2.05) is 36.4 Å². The Kier molecular flexibility index (Phi) is 6.55. The van der Waals surface area contributed by atoms with Crippen molar-refractivity contribution in [1.82, 2.24) is 15.2 Å². The van der Waals surface area contributed by atoms with Crippen LogP contribution in [0.3, 0.4) is 0 Å². The van der Waals surface area contributed by atoms with E-state index in [0.29, 0.717) is 38.4 Å². The highest BCUT2D eigenvalue weighted by Crippen LogP contribution is 2.22. The molecule has 1 amide bonds. The van der Waals surface area contributed by atoms with E-state index in [4.69, 9.17) is 4.74 Å². The minimum absolute atomic E-state index is 0.282. The lowest BCUT2D eigenvalue weighted by Crippen LogP contribution is -2.23. The molecule has 1 heterocycles. The Morgan fingerprint density at radius 3 is 2.33 bits per heavy atom. The highest BCUT2D eigenvalue weighted by molar-refractivity contribution is 9.10. The average Bonchev–Trinajstić information content (AvgIpc) is 3.20. The van der Waals surface area contributed by atoms with E-state index in [1.54, 1.807) is 56.5 Å². The second-order valence-corrected chi connectivity index (χ2v) is 8.04. The fraction of sp³-hybridized carbons (Fsp3) is 0.0800. The first kappa shape index (κ1) is 22.3. The van der Waals surface area contributed by atoms with Crippen molar-refractivity contribution in [3.8, 4) is 22.7 Å². The Bertz CT molecular complexity index is 1370. The normalized spacial score (nSPS) is 11.3. The first-order valence-electron chi connectivity index (χ1n) is 10.1. The van der Waals surface area contributed by atoms with Gasteiger partial charge in [-0.05, 0) is 59.3 Å². The van der Waals surface area contributed by atoms with Gasteiger partial charge in [0.05, 0.1) is 35.3 Å². The van der Waals surface area contributed by atoms with Gasteiger partial charge in [0.2, 0.25) is 0 Å². The second kappa shape index (κ2) is 9.70. The lowest BCUT2D eigenvalue weighted by molar-refractivity contribution is 0.0954. The number of hydrogen-bond acceptors (Lipinski definition) is 4. The second-order valence-electron chi connectivity index (χ2n) is 7.18. The molecule has 0 aliphatic heterocycles. The van der Waals surface area contributed by atoms with Crippen molar-refractivity contribution in [2.75, 3.05) is 7.11 Å². The van der Waals surface area contributed by atoms with Crippen LogP contribution in [0.4, 0.5) is 0 Å². The molecule has 166 valence electrons. The van der Waals surface area contributed by atoms with E-state index in [2.05, 4.69) is 31.6 Å². The van der Waals surface area contributed by atoms with Crippen LogP contribution in [0.15, 0.2) is 93.2 Å². The van der Waals surface area contributed by atoms with Crippen LogP contribution in [0.25, 0.3) is 16.9 Å². The van der Waals surface area contributed by atoms with Gasteiger partial charge in [0.25, 0.3) is 11.5 Å². The summed E-state index contributed by atoms with van der Waals surface area (Å²) in [6, 6.07) is 23.7. The number of nitrogens with one attached hydrogen (secondary N) is 2. The molecule has 8 heteroatoms. The number of amides is 1. The smallest absolute Gasteiger partial charge is 0.281 e. The van der Waals surface area contributed by atoms with Gasteiger partial charge < -0.3 is 4.74 Å². The van der Waals surface area contributed by atoms with Gasteiger partial charge in [-0.3, -0.25) is 14.7 Å². The number of rotatable bonds is 6. The first-order valence-corrected chi connectivity index (χ1v) is 10.9. The Hall–Kier alpha value is -3.91. The zero-order valence-corrected chi connectivity index (χ0v) is 19.6. The van der Waals surface area contributed by atoms with Crippen molar-refractivity contribution in [2.24, 2.45) is 5.10 Å². The molecule has 0 saturated carbocycles. The van der Waals surface area contributed by atoms with Gasteiger partial charge in [0.15, 0.2) is 0 Å². The van der Waals surface area contributed by atoms with Crippen molar-refractivity contribution < 1.29 is 9.53 Å². The summed E-state index contributed by atoms with van der Waals surface area (Å²) >= 11 is 3.37. The summed E-state index contributed by atoms with van der Waals surface area (Å²) < 4.78 is 7.32. The zero-order chi connectivity index (χ0) is 23.4. The third-order valence-electron chi connectivity index (χ3n) is 5.09. The van der Waals surface area contributed by atoms with E-state index in [-0.39, 0.29) is 11.5 Å². The zero-order valence-electron chi connectivity index (χ0n) is 18.0. The van der Waals surface area contributed by atoms with Gasteiger partial charge in [0.1, 0.15) is 5.75 Å². The van der Waals surface area contributed by atoms with Gasteiger partial charge in [-0.15, -0.1) is 0 Å². The molecule has 3 aromatic carbocycles. The molecule has 0 saturated heterocycles. The van der Waals surface area contributed by atoms with E-state index < -0.39 is 0 Å². The minimum atomic E-state index is -0.380. The van der Waals surface area contributed by atoms with E-state index in [0.717, 1.165) is 5.56 Å². The maximum absolute atomic E-state index is 13.4. The molecule has 33 heavy (non-hydrogen) atoms. The van der Waals surface area contributed by atoms with Crippen LogP contribution in [-0.4, -0.2) is 28.5 Å². The first-order chi connectivity index (χ1) is 16.0. The summed E-state index contributed by atoms with van der Waals surface area (Å²) in [6.07, 6.45) is 0. The monoisotopic (exact) mass is 504 g/mol. The predicted octanol–water partition coefficient (Wildman–Crippen LogP) is 4.76. The van der Waals surface area contributed by atoms with E-state index in [9.17, 15) is 9.59 Å². The lowest BCUT2D eigenvalue weighted by atomic mass is 10.1. The van der Waals surface area contributed by atoms with Gasteiger partial charge >= 0.3 is 0 Å². The summed E-state index contributed by atoms with van der Waals surface area (Å²) in [5.41, 5.74) is 5.53. The molecule has 2 N–H and O–H groups in total. The Balaban J connectivity index is 1.76. The summed E-state index contributed by atoms with van der Waals surface area (Å²) in [5.74, 6) is 0.309. The Morgan fingerprint density at radius 2 is 1.67 bits per heavy atom. The summed E-state index contributed by atoms with van der Waals surface area (Å²) in [5, 5.41) is 7.43. The third kappa shape index (κ3) is 4.65. The topological polar surface area (TPSA) is 88.5 Å². The largest absolute Gasteiger partial charge is 0.497 e. The molecule has 7 nitrogen and oxygen atoms in total. The van der Waals surface area contributed by atoms with Crippen LogP contribution in [0.1, 0.15) is 22.8 Å². The SMILES string of the molecule is COc1ccc(-n2[nH]c(-c3ccccc3)c(C(C)=NNC(=O)c3ccccc3Br)c2=O)cc1. The van der Waals surface area contributed by atoms with Crippen LogP contribution in [-0.2, 0) is 0 Å². The van der Waals surface area contributed by atoms with Crippen molar-refractivity contribution in [3.05, 3.63) is 105 Å². The van der Waals surface area contributed by atoms with Gasteiger partial charge in [-0.25, -0.2) is 10.1 Å². The molecule has 0 bridgehead atoms. The third-order valence-corrected chi connectivity index (χ3v) is 5.78. The molecule has 0 unspecified atom stereocenters. The number of benzene rings is 3. The number of ether oxygens (including phenoxy) is 1. The number of nitrogens with zero attached hydrogens (tertiary/aromatic N) is 2. The molecule has 0 aliphatic carbocycles. The van der Waals surface area contributed by atoms with Crippen LogP contribution in [0.2, 0.25) is 0 Å². The fourth-order valence-corrected chi connectivity index (χ4v) is 3.86. The maximum atomic E-state index is 13.4. The van der Waals surface area contributed by atoms with Crippen molar-refractivity contribution in [3.63, 3.8) is 0 Å². The van der Waals surface area contributed by atoms with E-state index >= 15 is 0 Å². The molecule has 0 fully saturated rings. The van der Waals surface area contributed by atoms with Crippen molar-refractivity contribution >= 4 is 27.5 Å². The molecule has 0 spiro atoms. The predicted molar refractivity (Wildman–Crippen MR) is 132 cm³/mol. The molecule has 0 radical (unpaired) electrons. The molecule has 0 atom stereocenters. The summed E-state index contributed by atoms with van der Waals surface area (Å²) in [7, 11) is 1.59. The van der Waals surface area contributed by atoms with Gasteiger partial charge in [0, 0.05) is 10.0 Å². The number of hydrazone groups is 1. The molecular weight excluding hydrogens is 484 g/mol. The summed E-state index contributed by atoms with van der Waals surface area (Å²) in [6.45, 7) is 1.69. The number of methoxy groups -OCH3 is 1. The number of H-pyrrole nitrogens is 1. The molecule has 4 aromatic rings. The fourth-order valence-electron chi connectivity index (χ4n) is 3.40. The van der Waals surface area contributed by atoms with Crippen molar-refractivity contribution in [2.45, 2.75) is 6.92 Å². The molecule has 1 aromatic heterocycles. The van der Waals surface area contributed by atoms with Crippen LogP contribution in [0, 0.1) is 0 Å². The van der Waals surface area contributed by atoms with Gasteiger partial charge in [-0.1, -0.05) is 42.5 Å². The minimum Gasteiger partial charge on any atom is -0.497 e. The highest BCUT2D eigenvalue weighted by atomic mass is 79.9. The van der Waals surface area contributed by atoms with E-state index in [1.165, 1.54) is 4.68 Å².